The fourth-order valence-electron chi connectivity index (χ4n) is 1.78. The van der Waals surface area contributed by atoms with E-state index in [1.54, 1.807) is 0 Å². The van der Waals surface area contributed by atoms with Crippen molar-refractivity contribution in [1.82, 2.24) is 0 Å². The van der Waals surface area contributed by atoms with E-state index in [1.165, 1.54) is 0 Å². The first-order chi connectivity index (χ1) is 8.58. The molecule has 1 aromatic carbocycles. The SMILES string of the molecule is Nc1cc(F)cc(C(=O)OCC2CCCO2)c1F. The lowest BCUT2D eigenvalue weighted by molar-refractivity contribution is 0.0157. The second-order valence-corrected chi connectivity index (χ2v) is 4.09. The molecule has 1 heterocycles. The molecule has 1 atom stereocenters. The van der Waals surface area contributed by atoms with Gasteiger partial charge in [-0.1, -0.05) is 0 Å². The summed E-state index contributed by atoms with van der Waals surface area (Å²) in [5.41, 5.74) is 4.32. The maximum atomic E-state index is 13.5. The number of carbonyl (C=O) groups is 1. The third kappa shape index (κ3) is 2.76. The summed E-state index contributed by atoms with van der Waals surface area (Å²) in [4.78, 5) is 11.6. The van der Waals surface area contributed by atoms with E-state index in [1.807, 2.05) is 0 Å². The van der Waals surface area contributed by atoms with E-state index in [0.29, 0.717) is 6.61 Å². The van der Waals surface area contributed by atoms with Crippen LogP contribution in [-0.2, 0) is 9.47 Å². The van der Waals surface area contributed by atoms with Crippen LogP contribution in [0.2, 0.25) is 0 Å². The molecule has 0 aliphatic carbocycles. The zero-order valence-electron chi connectivity index (χ0n) is 9.62. The van der Waals surface area contributed by atoms with Gasteiger partial charge in [-0.05, 0) is 25.0 Å². The van der Waals surface area contributed by atoms with E-state index < -0.39 is 28.9 Å². The third-order valence-corrected chi connectivity index (χ3v) is 2.71. The van der Waals surface area contributed by atoms with Gasteiger partial charge < -0.3 is 15.2 Å². The second-order valence-electron chi connectivity index (χ2n) is 4.09. The van der Waals surface area contributed by atoms with Crippen LogP contribution in [0.4, 0.5) is 14.5 Å². The molecule has 6 heteroatoms. The number of hydrogen-bond acceptors (Lipinski definition) is 4. The summed E-state index contributed by atoms with van der Waals surface area (Å²) in [5.74, 6) is -2.68. The molecule has 1 fully saturated rings. The molecule has 0 spiro atoms. The van der Waals surface area contributed by atoms with Crippen LogP contribution in [0, 0.1) is 11.6 Å². The first-order valence-corrected chi connectivity index (χ1v) is 5.61. The van der Waals surface area contributed by atoms with E-state index >= 15 is 0 Å². The molecule has 0 aromatic heterocycles. The summed E-state index contributed by atoms with van der Waals surface area (Å²) < 4.78 is 36.7. The van der Waals surface area contributed by atoms with Crippen LogP contribution in [-0.4, -0.2) is 25.3 Å². The van der Waals surface area contributed by atoms with Gasteiger partial charge >= 0.3 is 5.97 Å². The smallest absolute Gasteiger partial charge is 0.341 e. The summed E-state index contributed by atoms with van der Waals surface area (Å²) in [7, 11) is 0. The van der Waals surface area contributed by atoms with E-state index in [4.69, 9.17) is 15.2 Å². The maximum Gasteiger partial charge on any atom is 0.341 e. The van der Waals surface area contributed by atoms with Crippen molar-refractivity contribution < 1.29 is 23.0 Å². The van der Waals surface area contributed by atoms with Crippen LogP contribution in [0.25, 0.3) is 0 Å². The average Bonchev–Trinajstić information content (AvgIpc) is 2.83. The van der Waals surface area contributed by atoms with Crippen molar-refractivity contribution in [2.45, 2.75) is 18.9 Å². The monoisotopic (exact) mass is 257 g/mol. The van der Waals surface area contributed by atoms with Crippen molar-refractivity contribution in [1.29, 1.82) is 0 Å². The normalized spacial score (nSPS) is 18.9. The van der Waals surface area contributed by atoms with E-state index in [-0.39, 0.29) is 12.7 Å². The highest BCUT2D eigenvalue weighted by atomic mass is 19.1. The molecule has 0 amide bonds. The molecular weight excluding hydrogens is 244 g/mol. The molecule has 1 saturated heterocycles. The number of ether oxygens (including phenoxy) is 2. The van der Waals surface area contributed by atoms with Crippen molar-refractivity contribution >= 4 is 11.7 Å². The van der Waals surface area contributed by atoms with E-state index in [2.05, 4.69) is 0 Å². The Bertz CT molecular complexity index is 459. The Kier molecular flexibility index (Phi) is 3.76. The Balaban J connectivity index is 2.04. The molecule has 98 valence electrons. The second kappa shape index (κ2) is 5.30. The quantitative estimate of drug-likeness (QED) is 0.663. The minimum atomic E-state index is -0.964. The molecule has 1 aliphatic rings. The topological polar surface area (TPSA) is 61.6 Å². The number of esters is 1. The zero-order chi connectivity index (χ0) is 13.1. The molecule has 2 N–H and O–H groups in total. The highest BCUT2D eigenvalue weighted by Crippen LogP contribution is 2.19. The minimum Gasteiger partial charge on any atom is -0.459 e. The largest absolute Gasteiger partial charge is 0.459 e. The number of benzene rings is 1. The molecule has 0 bridgehead atoms. The number of carbonyl (C=O) groups excluding carboxylic acids is 1. The van der Waals surface area contributed by atoms with Gasteiger partial charge in [0.2, 0.25) is 0 Å². The highest BCUT2D eigenvalue weighted by Gasteiger charge is 2.21. The van der Waals surface area contributed by atoms with Gasteiger partial charge in [-0.3, -0.25) is 0 Å². The van der Waals surface area contributed by atoms with Crippen LogP contribution < -0.4 is 5.73 Å². The van der Waals surface area contributed by atoms with Gasteiger partial charge in [-0.15, -0.1) is 0 Å². The summed E-state index contributed by atoms with van der Waals surface area (Å²) in [5, 5.41) is 0. The van der Waals surface area contributed by atoms with Crippen molar-refractivity contribution in [3.05, 3.63) is 29.3 Å². The van der Waals surface area contributed by atoms with E-state index in [9.17, 15) is 13.6 Å². The summed E-state index contributed by atoms with van der Waals surface area (Å²) in [6, 6.07) is 1.58. The van der Waals surface area contributed by atoms with Crippen LogP contribution >= 0.6 is 0 Å². The van der Waals surface area contributed by atoms with Crippen molar-refractivity contribution in [2.24, 2.45) is 0 Å². The summed E-state index contributed by atoms with van der Waals surface area (Å²) >= 11 is 0. The molecule has 18 heavy (non-hydrogen) atoms. The number of halogens is 2. The van der Waals surface area contributed by atoms with Gasteiger partial charge in [-0.2, -0.15) is 0 Å². The predicted octanol–water partition coefficient (Wildman–Crippen LogP) is 1.88. The van der Waals surface area contributed by atoms with Gasteiger partial charge in [0.1, 0.15) is 18.0 Å². The standard InChI is InChI=1S/C12H13F2NO3/c13-7-4-9(11(14)10(15)5-7)12(16)18-6-8-2-1-3-17-8/h4-5,8H,1-3,6,15H2. The van der Waals surface area contributed by atoms with Gasteiger partial charge in [0.15, 0.2) is 5.82 Å². The van der Waals surface area contributed by atoms with Crippen LogP contribution in [0.1, 0.15) is 23.2 Å². The molecule has 0 radical (unpaired) electrons. The van der Waals surface area contributed by atoms with Crippen LogP contribution in [0.3, 0.4) is 0 Å². The summed E-state index contributed by atoms with van der Waals surface area (Å²) in [6.07, 6.45) is 1.53. The summed E-state index contributed by atoms with van der Waals surface area (Å²) in [6.45, 7) is 0.665. The Labute approximate surface area is 103 Å². The van der Waals surface area contributed by atoms with Gasteiger partial charge in [0.25, 0.3) is 0 Å². The van der Waals surface area contributed by atoms with Gasteiger partial charge in [0, 0.05) is 6.61 Å². The first-order valence-electron chi connectivity index (χ1n) is 5.61. The van der Waals surface area contributed by atoms with Crippen molar-refractivity contribution in [3.63, 3.8) is 0 Å². The highest BCUT2D eigenvalue weighted by molar-refractivity contribution is 5.90. The average molecular weight is 257 g/mol. The minimum absolute atomic E-state index is 0.0364. The molecular formula is C12H13F2NO3. The number of rotatable bonds is 3. The molecule has 1 aromatic rings. The third-order valence-electron chi connectivity index (χ3n) is 2.71. The number of anilines is 1. The van der Waals surface area contributed by atoms with Gasteiger partial charge in [-0.25, -0.2) is 13.6 Å². The Morgan fingerprint density at radius 1 is 1.50 bits per heavy atom. The Morgan fingerprint density at radius 2 is 2.28 bits per heavy atom. The predicted molar refractivity (Wildman–Crippen MR) is 60.0 cm³/mol. The Hall–Kier alpha value is -1.69. The number of nitrogens with two attached hydrogens (primary N) is 1. The fraction of sp³-hybridized carbons (Fsp3) is 0.417. The van der Waals surface area contributed by atoms with Crippen molar-refractivity contribution in [2.75, 3.05) is 18.9 Å². The Morgan fingerprint density at radius 3 is 2.94 bits per heavy atom. The maximum absolute atomic E-state index is 13.5. The molecule has 4 nitrogen and oxygen atoms in total. The first kappa shape index (κ1) is 12.8. The fourth-order valence-corrected chi connectivity index (χ4v) is 1.78. The van der Waals surface area contributed by atoms with Crippen LogP contribution in [0.15, 0.2) is 12.1 Å². The zero-order valence-corrected chi connectivity index (χ0v) is 9.62. The lowest BCUT2D eigenvalue weighted by Gasteiger charge is -2.11. The number of nitrogen functional groups attached to an aromatic ring is 1. The number of hydrogen-bond donors (Lipinski definition) is 1. The van der Waals surface area contributed by atoms with E-state index in [0.717, 1.165) is 25.0 Å². The van der Waals surface area contributed by atoms with Crippen LogP contribution in [0.5, 0.6) is 0 Å². The molecule has 0 saturated carbocycles. The van der Waals surface area contributed by atoms with Crippen molar-refractivity contribution in [3.8, 4) is 0 Å². The molecule has 1 aliphatic heterocycles. The molecule has 2 rings (SSSR count). The molecule has 1 unspecified atom stereocenters. The lowest BCUT2D eigenvalue weighted by Crippen LogP contribution is -2.19. The lowest BCUT2D eigenvalue weighted by atomic mass is 10.2. The van der Waals surface area contributed by atoms with Gasteiger partial charge in [0.05, 0.1) is 11.8 Å².